The fraction of sp³-hybridized carbons (Fsp3) is 0.429. The van der Waals surface area contributed by atoms with E-state index >= 15 is 0 Å². The van der Waals surface area contributed by atoms with Gasteiger partial charge in [-0.05, 0) is 43.4 Å². The highest BCUT2D eigenvalue weighted by Gasteiger charge is 2.38. The first-order valence-electron chi connectivity index (χ1n) is 6.24. The van der Waals surface area contributed by atoms with Crippen LogP contribution in [0, 0.1) is 12.8 Å². The van der Waals surface area contributed by atoms with Crippen LogP contribution in [-0.4, -0.2) is 18.2 Å². The van der Waals surface area contributed by atoms with E-state index in [1.165, 1.54) is 19.3 Å². The molecule has 0 bridgehead atoms. The quantitative estimate of drug-likeness (QED) is 0.787. The summed E-state index contributed by atoms with van der Waals surface area (Å²) in [6.07, 6.45) is 3.58. The van der Waals surface area contributed by atoms with Gasteiger partial charge in [-0.15, -0.1) is 0 Å². The topological polar surface area (TPSA) is 37.4 Å². The van der Waals surface area contributed by atoms with Gasteiger partial charge in [-0.1, -0.05) is 22.4 Å². The van der Waals surface area contributed by atoms with Gasteiger partial charge >= 0.3 is 0 Å². The second kappa shape index (κ2) is 4.19. The number of carbonyl (C=O) groups is 2. The van der Waals surface area contributed by atoms with Crippen LogP contribution in [0.3, 0.4) is 0 Å². The van der Waals surface area contributed by atoms with Gasteiger partial charge in [0.1, 0.15) is 0 Å². The van der Waals surface area contributed by atoms with E-state index in [0.717, 1.165) is 15.7 Å². The molecule has 3 rings (SSSR count). The number of aryl methyl sites for hydroxylation is 1. The zero-order valence-electron chi connectivity index (χ0n) is 10.2. The first kappa shape index (κ1) is 11.9. The summed E-state index contributed by atoms with van der Waals surface area (Å²) in [5.41, 5.74) is 2.35. The molecular weight excluding hydrogens is 294 g/mol. The Morgan fingerprint density at radius 1 is 1.33 bits per heavy atom. The molecule has 1 aliphatic heterocycles. The normalized spacial score (nSPS) is 19.1. The van der Waals surface area contributed by atoms with E-state index < -0.39 is 0 Å². The number of carbonyl (C=O) groups excluding carboxylic acids is 2. The molecule has 1 amide bonds. The number of ketones is 1. The Morgan fingerprint density at radius 3 is 2.67 bits per heavy atom. The third-order valence-electron chi connectivity index (χ3n) is 3.88. The third kappa shape index (κ3) is 1.70. The molecule has 1 heterocycles. The molecule has 0 atom stereocenters. The Morgan fingerprint density at radius 2 is 2.06 bits per heavy atom. The summed E-state index contributed by atoms with van der Waals surface area (Å²) in [6, 6.07) is 3.71. The molecule has 1 saturated carbocycles. The van der Waals surface area contributed by atoms with E-state index in [0.29, 0.717) is 18.0 Å². The molecule has 1 aliphatic carbocycles. The lowest BCUT2D eigenvalue weighted by atomic mass is 9.85. The van der Waals surface area contributed by atoms with E-state index in [2.05, 4.69) is 15.9 Å². The molecule has 0 saturated heterocycles. The Labute approximate surface area is 114 Å². The number of anilines is 1. The number of rotatable bonds is 2. The lowest BCUT2D eigenvalue weighted by Gasteiger charge is -2.30. The van der Waals surface area contributed by atoms with E-state index in [9.17, 15) is 9.59 Å². The minimum Gasteiger partial charge on any atom is -0.304 e. The minimum atomic E-state index is -0.367. The maximum absolute atomic E-state index is 12.1. The Kier molecular flexibility index (Phi) is 2.77. The van der Waals surface area contributed by atoms with E-state index in [1.54, 1.807) is 11.0 Å². The summed E-state index contributed by atoms with van der Waals surface area (Å²) in [6.45, 7) is 2.64. The zero-order valence-corrected chi connectivity index (χ0v) is 11.8. The number of amides is 1. The molecule has 0 spiro atoms. The van der Waals surface area contributed by atoms with Gasteiger partial charge in [0.05, 0.1) is 11.3 Å². The van der Waals surface area contributed by atoms with Gasteiger partial charge in [-0.25, -0.2) is 0 Å². The molecule has 2 aliphatic rings. The van der Waals surface area contributed by atoms with Crippen molar-refractivity contribution in [1.29, 1.82) is 0 Å². The lowest BCUT2D eigenvalue weighted by Crippen LogP contribution is -2.36. The number of nitrogens with zero attached hydrogens (tertiary/aromatic N) is 1. The highest BCUT2D eigenvalue weighted by atomic mass is 79.9. The second-order valence-corrected chi connectivity index (χ2v) is 6.08. The van der Waals surface area contributed by atoms with Crippen LogP contribution in [0.4, 0.5) is 5.69 Å². The Hall–Kier alpha value is -1.16. The molecule has 18 heavy (non-hydrogen) atoms. The van der Waals surface area contributed by atoms with Crippen molar-refractivity contribution in [3.05, 3.63) is 27.7 Å². The van der Waals surface area contributed by atoms with Crippen LogP contribution in [0.5, 0.6) is 0 Å². The SMILES string of the molecule is Cc1cc(Br)cc2c1N(CC1CCC1)C(=O)C2=O. The van der Waals surface area contributed by atoms with E-state index in [1.807, 2.05) is 13.0 Å². The smallest absolute Gasteiger partial charge is 0.299 e. The summed E-state index contributed by atoms with van der Waals surface area (Å²) in [7, 11) is 0. The number of hydrogen-bond acceptors (Lipinski definition) is 2. The average Bonchev–Trinajstić information content (AvgIpc) is 2.48. The second-order valence-electron chi connectivity index (χ2n) is 5.16. The van der Waals surface area contributed by atoms with Gasteiger partial charge in [0.2, 0.25) is 0 Å². The fourth-order valence-corrected chi connectivity index (χ4v) is 3.29. The molecule has 0 unspecified atom stereocenters. The van der Waals surface area contributed by atoms with Crippen molar-refractivity contribution < 1.29 is 9.59 Å². The summed E-state index contributed by atoms with van der Waals surface area (Å²) >= 11 is 3.38. The molecule has 0 N–H and O–H groups in total. The van der Waals surface area contributed by atoms with Gasteiger partial charge in [-0.3, -0.25) is 9.59 Å². The third-order valence-corrected chi connectivity index (χ3v) is 4.34. The van der Waals surface area contributed by atoms with Crippen LogP contribution >= 0.6 is 15.9 Å². The number of Topliss-reactive ketones (excluding diaryl/α,β-unsaturated/α-hetero) is 1. The highest BCUT2D eigenvalue weighted by Crippen LogP contribution is 2.37. The van der Waals surface area contributed by atoms with Gasteiger partial charge in [0.15, 0.2) is 0 Å². The summed E-state index contributed by atoms with van der Waals surface area (Å²) in [5.74, 6) is -0.164. The van der Waals surface area contributed by atoms with Gasteiger partial charge in [-0.2, -0.15) is 0 Å². The largest absolute Gasteiger partial charge is 0.304 e. The summed E-state index contributed by atoms with van der Waals surface area (Å²) < 4.78 is 0.852. The minimum absolute atomic E-state index is 0.363. The maximum Gasteiger partial charge on any atom is 0.299 e. The van der Waals surface area contributed by atoms with Crippen molar-refractivity contribution in [3.63, 3.8) is 0 Å². The number of halogens is 1. The van der Waals surface area contributed by atoms with Crippen molar-refractivity contribution in [1.82, 2.24) is 0 Å². The van der Waals surface area contributed by atoms with Crippen LogP contribution in [0.15, 0.2) is 16.6 Å². The van der Waals surface area contributed by atoms with E-state index in [-0.39, 0.29) is 11.7 Å². The Balaban J connectivity index is 2.02. The molecular formula is C14H14BrNO2. The van der Waals surface area contributed by atoms with Crippen molar-refractivity contribution in [3.8, 4) is 0 Å². The van der Waals surface area contributed by atoms with Crippen molar-refractivity contribution in [2.75, 3.05) is 11.4 Å². The van der Waals surface area contributed by atoms with Crippen molar-refractivity contribution >= 4 is 33.3 Å². The van der Waals surface area contributed by atoms with Crippen LogP contribution in [0.25, 0.3) is 0 Å². The van der Waals surface area contributed by atoms with Gasteiger partial charge in [0, 0.05) is 11.0 Å². The maximum atomic E-state index is 12.1. The molecule has 4 heteroatoms. The zero-order chi connectivity index (χ0) is 12.9. The predicted molar refractivity (Wildman–Crippen MR) is 72.9 cm³/mol. The summed E-state index contributed by atoms with van der Waals surface area (Å²) in [4.78, 5) is 25.7. The van der Waals surface area contributed by atoms with E-state index in [4.69, 9.17) is 0 Å². The van der Waals surface area contributed by atoms with Crippen LogP contribution in [-0.2, 0) is 4.79 Å². The molecule has 0 aromatic heterocycles. The lowest BCUT2D eigenvalue weighted by molar-refractivity contribution is -0.114. The molecule has 1 aromatic rings. The first-order valence-corrected chi connectivity index (χ1v) is 7.03. The number of hydrogen-bond donors (Lipinski definition) is 0. The predicted octanol–water partition coefficient (Wildman–Crippen LogP) is 3.09. The van der Waals surface area contributed by atoms with Gasteiger partial charge in [0.25, 0.3) is 11.7 Å². The van der Waals surface area contributed by atoms with Crippen LogP contribution in [0.2, 0.25) is 0 Å². The van der Waals surface area contributed by atoms with Gasteiger partial charge < -0.3 is 4.90 Å². The number of fused-ring (bicyclic) bond motifs is 1. The average molecular weight is 308 g/mol. The first-order chi connectivity index (χ1) is 8.58. The van der Waals surface area contributed by atoms with Crippen LogP contribution in [0.1, 0.15) is 35.2 Å². The van der Waals surface area contributed by atoms with Crippen molar-refractivity contribution in [2.45, 2.75) is 26.2 Å². The molecule has 1 fully saturated rings. The Bertz CT molecular complexity index is 549. The molecule has 1 aromatic carbocycles. The monoisotopic (exact) mass is 307 g/mol. The fourth-order valence-electron chi connectivity index (χ4n) is 2.71. The van der Waals surface area contributed by atoms with Crippen LogP contribution < -0.4 is 4.90 Å². The number of benzene rings is 1. The van der Waals surface area contributed by atoms with Crippen molar-refractivity contribution in [2.24, 2.45) is 5.92 Å². The standard InChI is InChI=1S/C14H14BrNO2/c1-8-5-10(15)6-11-12(8)16(14(18)13(11)17)7-9-3-2-4-9/h5-6,9H,2-4,7H2,1H3. The molecule has 0 radical (unpaired) electrons. The summed E-state index contributed by atoms with van der Waals surface area (Å²) in [5, 5.41) is 0. The molecule has 94 valence electrons. The highest BCUT2D eigenvalue weighted by molar-refractivity contribution is 9.10. The molecule has 3 nitrogen and oxygen atoms in total.